The minimum absolute atomic E-state index is 0.232. The number of nitrogens with zero attached hydrogens (tertiary/aromatic N) is 1. The van der Waals surface area contributed by atoms with E-state index in [9.17, 15) is 0 Å². The zero-order chi connectivity index (χ0) is 36.4. The van der Waals surface area contributed by atoms with Crippen LogP contribution in [-0.4, -0.2) is 0 Å². The van der Waals surface area contributed by atoms with E-state index in [1.807, 2.05) is 0 Å². The third-order valence-electron chi connectivity index (χ3n) is 12.3. The van der Waals surface area contributed by atoms with Gasteiger partial charge in [0, 0.05) is 38.8 Å². The summed E-state index contributed by atoms with van der Waals surface area (Å²) in [5, 5.41) is 7.44. The number of fused-ring (bicyclic) bond motifs is 9. The van der Waals surface area contributed by atoms with Gasteiger partial charge in [-0.3, -0.25) is 0 Å². The Hall–Kier alpha value is -6.90. The minimum Gasteiger partial charge on any atom is -0.456 e. The van der Waals surface area contributed by atoms with Gasteiger partial charge in [-0.15, -0.1) is 0 Å². The Bertz CT molecular complexity index is 3180. The summed E-state index contributed by atoms with van der Waals surface area (Å²) in [7, 11) is 0. The number of hydrogen-bond acceptors (Lipinski definition) is 2. The predicted molar refractivity (Wildman–Crippen MR) is 231 cm³/mol. The van der Waals surface area contributed by atoms with Crippen LogP contribution in [0.1, 0.15) is 25.0 Å². The van der Waals surface area contributed by atoms with Crippen LogP contribution in [0.3, 0.4) is 0 Å². The maximum Gasteiger partial charge on any atom is 0.140 e. The standard InChI is InChI=1S/C53H35NO/c1-53(2)45-24-13-22-41-44-31-33(37-20-11-14-32-30-36(27-29-38(32)37)54(34-15-5-3-6-16-34)35-17-7-4-8-18-35)26-28-39(44)40-21-12-23-43-47(40)50(49(41)45)51(53)52-48(43)42-19-9-10-25-46(42)55-52/h3-31H,1-2H3. The van der Waals surface area contributed by atoms with Crippen LogP contribution in [0.15, 0.2) is 180 Å². The fourth-order valence-corrected chi connectivity index (χ4v) is 9.96. The van der Waals surface area contributed by atoms with E-state index in [2.05, 4.69) is 195 Å². The highest BCUT2D eigenvalue weighted by Gasteiger charge is 2.43. The molecule has 0 unspecified atom stereocenters. The molecule has 55 heavy (non-hydrogen) atoms. The fraction of sp³-hybridized carbons (Fsp3) is 0.0566. The van der Waals surface area contributed by atoms with Gasteiger partial charge in [0.15, 0.2) is 0 Å². The van der Waals surface area contributed by atoms with E-state index in [0.717, 1.165) is 28.2 Å². The molecule has 0 spiro atoms. The van der Waals surface area contributed by atoms with Gasteiger partial charge < -0.3 is 9.32 Å². The Morgan fingerprint density at radius 2 is 1.13 bits per heavy atom. The van der Waals surface area contributed by atoms with Crippen molar-refractivity contribution in [2.75, 3.05) is 4.90 Å². The Kier molecular flexibility index (Phi) is 6.15. The summed E-state index contributed by atoms with van der Waals surface area (Å²) in [5.74, 6) is 0. The molecule has 10 aromatic rings. The molecule has 0 N–H and O–H groups in total. The van der Waals surface area contributed by atoms with Crippen LogP contribution in [0.2, 0.25) is 0 Å². The first-order valence-electron chi connectivity index (χ1n) is 19.2. The molecule has 2 aliphatic carbocycles. The number of rotatable bonds is 4. The molecule has 1 heterocycles. The molecule has 0 saturated carbocycles. The summed E-state index contributed by atoms with van der Waals surface area (Å²) in [6.45, 7) is 4.76. The maximum atomic E-state index is 6.84. The van der Waals surface area contributed by atoms with Gasteiger partial charge in [0.2, 0.25) is 0 Å². The Balaban J connectivity index is 1.09. The zero-order valence-electron chi connectivity index (χ0n) is 30.6. The van der Waals surface area contributed by atoms with Crippen molar-refractivity contribution in [2.45, 2.75) is 19.3 Å². The lowest BCUT2D eigenvalue weighted by molar-refractivity contribution is 0.620. The average molecular weight is 702 g/mol. The molecule has 0 aliphatic heterocycles. The van der Waals surface area contributed by atoms with Crippen molar-refractivity contribution in [2.24, 2.45) is 0 Å². The normalized spacial score (nSPS) is 13.4. The second kappa shape index (κ2) is 11.1. The summed E-state index contributed by atoms with van der Waals surface area (Å²) in [6, 6.07) is 64.3. The van der Waals surface area contributed by atoms with Crippen LogP contribution >= 0.6 is 0 Å². The summed E-state index contributed by atoms with van der Waals surface area (Å²) < 4.78 is 6.84. The smallest absolute Gasteiger partial charge is 0.140 e. The van der Waals surface area contributed by atoms with E-state index < -0.39 is 0 Å². The van der Waals surface area contributed by atoms with Gasteiger partial charge in [0.05, 0.1) is 0 Å². The summed E-state index contributed by atoms with van der Waals surface area (Å²) in [4.78, 5) is 2.33. The van der Waals surface area contributed by atoms with Gasteiger partial charge in [-0.1, -0.05) is 141 Å². The molecule has 0 bridgehead atoms. The highest BCUT2D eigenvalue weighted by molar-refractivity contribution is 6.29. The first kappa shape index (κ1) is 30.6. The van der Waals surface area contributed by atoms with Crippen molar-refractivity contribution in [1.82, 2.24) is 0 Å². The Labute approximate surface area is 319 Å². The quantitative estimate of drug-likeness (QED) is 0.182. The van der Waals surface area contributed by atoms with Crippen molar-refractivity contribution in [3.05, 3.63) is 187 Å². The monoisotopic (exact) mass is 701 g/mol. The largest absolute Gasteiger partial charge is 0.456 e. The predicted octanol–water partition coefficient (Wildman–Crippen LogP) is 15.0. The van der Waals surface area contributed by atoms with Crippen LogP contribution in [0.25, 0.3) is 88.0 Å². The van der Waals surface area contributed by atoms with Crippen molar-refractivity contribution in [1.29, 1.82) is 0 Å². The minimum atomic E-state index is -0.232. The highest BCUT2D eigenvalue weighted by Crippen LogP contribution is 2.61. The lowest BCUT2D eigenvalue weighted by Crippen LogP contribution is -2.15. The van der Waals surface area contributed by atoms with Crippen molar-refractivity contribution >= 4 is 60.5 Å². The van der Waals surface area contributed by atoms with Crippen LogP contribution in [-0.2, 0) is 5.41 Å². The van der Waals surface area contributed by atoms with Gasteiger partial charge in [-0.05, 0) is 120 Å². The fourth-order valence-electron chi connectivity index (χ4n) is 9.96. The number of anilines is 3. The molecule has 0 radical (unpaired) electrons. The summed E-state index contributed by atoms with van der Waals surface area (Å²) >= 11 is 0. The molecule has 1 aromatic heterocycles. The van der Waals surface area contributed by atoms with Crippen LogP contribution < -0.4 is 4.90 Å². The maximum absolute atomic E-state index is 6.84. The van der Waals surface area contributed by atoms with E-state index in [0.29, 0.717) is 0 Å². The molecule has 2 aliphatic rings. The van der Waals surface area contributed by atoms with E-state index in [4.69, 9.17) is 4.42 Å². The second-order valence-electron chi connectivity index (χ2n) is 15.6. The van der Waals surface area contributed by atoms with Gasteiger partial charge in [0.1, 0.15) is 11.2 Å². The van der Waals surface area contributed by atoms with Crippen LogP contribution in [0, 0.1) is 0 Å². The summed E-state index contributed by atoms with van der Waals surface area (Å²) in [5.41, 5.74) is 18.1. The first-order chi connectivity index (χ1) is 27.1. The number of hydrogen-bond donors (Lipinski definition) is 0. The van der Waals surface area contributed by atoms with E-state index in [1.165, 1.54) is 88.0 Å². The Morgan fingerprint density at radius 1 is 0.436 bits per heavy atom. The average Bonchev–Trinajstić information content (AvgIpc) is 3.69. The molecule has 0 atom stereocenters. The van der Waals surface area contributed by atoms with Crippen LogP contribution in [0.5, 0.6) is 0 Å². The number of para-hydroxylation sites is 3. The molecule has 0 amide bonds. The molecule has 2 heteroatoms. The van der Waals surface area contributed by atoms with Gasteiger partial charge in [0.25, 0.3) is 0 Å². The van der Waals surface area contributed by atoms with E-state index in [1.54, 1.807) is 0 Å². The van der Waals surface area contributed by atoms with Crippen molar-refractivity contribution in [3.8, 4) is 44.5 Å². The molecule has 9 aromatic carbocycles. The molecular formula is C53H35NO. The van der Waals surface area contributed by atoms with E-state index in [-0.39, 0.29) is 5.41 Å². The SMILES string of the molecule is CC1(C)c2cccc3c2-c2c1c1oc4ccccc4c1c1cccc(c21)-c1ccc(-c2cccc4cc(N(c5ccccc5)c5ccccc5)ccc24)cc1-3. The molecule has 12 rings (SSSR count). The molecule has 2 nitrogen and oxygen atoms in total. The van der Waals surface area contributed by atoms with E-state index >= 15 is 0 Å². The van der Waals surface area contributed by atoms with Crippen molar-refractivity contribution in [3.63, 3.8) is 0 Å². The van der Waals surface area contributed by atoms with Gasteiger partial charge in [-0.2, -0.15) is 0 Å². The third-order valence-corrected chi connectivity index (χ3v) is 12.3. The van der Waals surface area contributed by atoms with Gasteiger partial charge >= 0.3 is 0 Å². The third kappa shape index (κ3) is 4.14. The second-order valence-corrected chi connectivity index (χ2v) is 15.6. The van der Waals surface area contributed by atoms with Gasteiger partial charge in [-0.25, -0.2) is 0 Å². The Morgan fingerprint density at radius 3 is 1.95 bits per heavy atom. The topological polar surface area (TPSA) is 16.4 Å². The number of benzene rings is 9. The lowest BCUT2D eigenvalue weighted by Gasteiger charge is -2.26. The highest BCUT2D eigenvalue weighted by atomic mass is 16.3. The molecular weight excluding hydrogens is 667 g/mol. The number of furan rings is 1. The molecule has 258 valence electrons. The summed E-state index contributed by atoms with van der Waals surface area (Å²) in [6.07, 6.45) is 0. The zero-order valence-corrected chi connectivity index (χ0v) is 30.6. The molecule has 0 fully saturated rings. The van der Waals surface area contributed by atoms with Crippen molar-refractivity contribution < 1.29 is 4.42 Å². The first-order valence-corrected chi connectivity index (χ1v) is 19.2. The van der Waals surface area contributed by atoms with Crippen LogP contribution in [0.4, 0.5) is 17.1 Å². The molecule has 0 saturated heterocycles. The lowest BCUT2D eigenvalue weighted by atomic mass is 9.79.